The Labute approximate surface area is 185 Å². The van der Waals surface area contributed by atoms with Gasteiger partial charge in [-0.05, 0) is 55.8 Å². The topological polar surface area (TPSA) is 91.6 Å². The van der Waals surface area contributed by atoms with Gasteiger partial charge in [0.15, 0.2) is 0 Å². The quantitative estimate of drug-likeness (QED) is 0.672. The molecule has 6 nitrogen and oxygen atoms in total. The molecule has 1 aliphatic heterocycles. The minimum absolute atomic E-state index is 0.0358. The van der Waals surface area contributed by atoms with E-state index in [1.807, 2.05) is 19.9 Å². The van der Waals surface area contributed by atoms with Gasteiger partial charge in [-0.2, -0.15) is 0 Å². The molecular formula is C23H21ClN3O3P. The van der Waals surface area contributed by atoms with Crippen molar-refractivity contribution in [1.29, 1.82) is 0 Å². The Hall–Kier alpha value is -2.79. The maximum absolute atomic E-state index is 13.8. The van der Waals surface area contributed by atoms with E-state index < -0.39 is 19.2 Å². The summed E-state index contributed by atoms with van der Waals surface area (Å²) in [4.78, 5) is 32.8. The van der Waals surface area contributed by atoms with E-state index in [1.165, 1.54) is 0 Å². The van der Waals surface area contributed by atoms with Gasteiger partial charge in [-0.25, -0.2) is 4.99 Å². The van der Waals surface area contributed by atoms with Gasteiger partial charge in [-0.15, -0.1) is 0 Å². The van der Waals surface area contributed by atoms with Crippen molar-refractivity contribution in [2.24, 2.45) is 10.9 Å². The van der Waals surface area contributed by atoms with Crippen LogP contribution in [0.5, 0.6) is 0 Å². The predicted octanol–water partition coefficient (Wildman–Crippen LogP) is 3.89. The SMILES string of the molecule is Cc1cc(C)cc(P(=O)(O)C2=C(C(=O)NCc3ccncc3)N=C3C=CC(Cl)=CC32)c1. The van der Waals surface area contributed by atoms with Crippen LogP contribution in [-0.2, 0) is 15.9 Å². The number of pyridine rings is 1. The molecule has 2 N–H and O–H groups in total. The summed E-state index contributed by atoms with van der Waals surface area (Å²) in [6.45, 7) is 3.98. The van der Waals surface area contributed by atoms with Crippen LogP contribution in [0.2, 0.25) is 0 Å². The van der Waals surface area contributed by atoms with Crippen molar-refractivity contribution in [2.45, 2.75) is 20.4 Å². The summed E-state index contributed by atoms with van der Waals surface area (Å²) >= 11 is 6.18. The Morgan fingerprint density at radius 3 is 2.52 bits per heavy atom. The molecule has 2 unspecified atom stereocenters. The molecule has 0 spiro atoms. The highest BCUT2D eigenvalue weighted by Gasteiger charge is 2.43. The standard InChI is InChI=1S/C23H21ClN3O3P/c1-14-9-15(2)11-18(10-14)31(29,30)22-19-12-17(24)3-4-20(19)27-21(22)23(28)26-13-16-5-7-25-8-6-16/h3-12,19H,13H2,1-2H3,(H,26,28)(H,29,30). The van der Waals surface area contributed by atoms with E-state index in [1.54, 1.807) is 54.9 Å². The van der Waals surface area contributed by atoms with Crippen molar-refractivity contribution in [3.63, 3.8) is 0 Å². The number of nitrogens with zero attached hydrogens (tertiary/aromatic N) is 2. The first kappa shape index (κ1) is 21.4. The second-order valence-corrected chi connectivity index (χ2v) is 10.2. The summed E-state index contributed by atoms with van der Waals surface area (Å²) in [5, 5.41) is 3.59. The summed E-state index contributed by atoms with van der Waals surface area (Å²) in [7, 11) is -4.11. The molecule has 0 saturated heterocycles. The Kier molecular flexibility index (Phi) is 5.80. The van der Waals surface area contributed by atoms with E-state index in [0.29, 0.717) is 10.7 Å². The zero-order valence-electron chi connectivity index (χ0n) is 17.0. The highest BCUT2D eigenvalue weighted by Crippen LogP contribution is 2.57. The maximum atomic E-state index is 13.8. The number of hydrogen-bond donors (Lipinski definition) is 2. The van der Waals surface area contributed by atoms with E-state index in [9.17, 15) is 14.3 Å². The van der Waals surface area contributed by atoms with Gasteiger partial charge in [0, 0.05) is 29.3 Å². The van der Waals surface area contributed by atoms with E-state index >= 15 is 0 Å². The number of carbonyl (C=O) groups is 1. The zero-order chi connectivity index (χ0) is 22.2. The number of rotatable bonds is 5. The number of allylic oxidation sites excluding steroid dienone is 5. The van der Waals surface area contributed by atoms with E-state index in [2.05, 4.69) is 15.3 Å². The monoisotopic (exact) mass is 453 g/mol. The van der Waals surface area contributed by atoms with Crippen LogP contribution in [0, 0.1) is 19.8 Å². The predicted molar refractivity (Wildman–Crippen MR) is 122 cm³/mol. The average molecular weight is 454 g/mol. The number of carbonyl (C=O) groups excluding carboxylic acids is 1. The minimum atomic E-state index is -4.11. The summed E-state index contributed by atoms with van der Waals surface area (Å²) in [5.41, 5.74) is 3.07. The van der Waals surface area contributed by atoms with Crippen LogP contribution in [0.15, 0.2) is 82.0 Å². The summed E-state index contributed by atoms with van der Waals surface area (Å²) in [6.07, 6.45) is 8.26. The molecule has 158 valence electrons. The molecule has 1 amide bonds. The molecule has 2 aromatic rings. The molecule has 0 fully saturated rings. The van der Waals surface area contributed by atoms with Crippen molar-refractivity contribution in [3.8, 4) is 0 Å². The van der Waals surface area contributed by atoms with E-state index in [-0.39, 0.29) is 22.9 Å². The zero-order valence-corrected chi connectivity index (χ0v) is 18.7. The van der Waals surface area contributed by atoms with Crippen LogP contribution in [-0.4, -0.2) is 21.5 Å². The molecule has 1 aromatic heterocycles. The Bertz CT molecular complexity index is 1210. The second kappa shape index (κ2) is 8.39. The Balaban J connectivity index is 1.77. The molecule has 8 heteroatoms. The Morgan fingerprint density at radius 2 is 1.84 bits per heavy atom. The first-order valence-electron chi connectivity index (χ1n) is 9.73. The average Bonchev–Trinajstić information content (AvgIpc) is 3.11. The van der Waals surface area contributed by atoms with E-state index in [4.69, 9.17) is 11.6 Å². The number of fused-ring (bicyclic) bond motifs is 1. The van der Waals surface area contributed by atoms with Crippen molar-refractivity contribution in [1.82, 2.24) is 10.3 Å². The molecule has 4 rings (SSSR count). The number of benzene rings is 1. The normalized spacial score (nSPS) is 19.4. The molecule has 0 saturated carbocycles. The fourth-order valence-electron chi connectivity index (χ4n) is 3.76. The first-order chi connectivity index (χ1) is 14.8. The molecule has 2 atom stereocenters. The number of nitrogens with one attached hydrogen (secondary N) is 1. The number of aryl methyl sites for hydroxylation is 2. The second-order valence-electron chi connectivity index (χ2n) is 7.59. The molecular weight excluding hydrogens is 433 g/mol. The number of aliphatic imine (C=N–C) groups is 1. The van der Waals surface area contributed by atoms with Crippen molar-refractivity contribution in [2.75, 3.05) is 0 Å². The largest absolute Gasteiger partial charge is 0.347 e. The maximum Gasteiger partial charge on any atom is 0.270 e. The lowest BCUT2D eigenvalue weighted by atomic mass is 9.99. The molecule has 0 bridgehead atoms. The summed E-state index contributed by atoms with van der Waals surface area (Å²) < 4.78 is 13.8. The third kappa shape index (κ3) is 4.33. The van der Waals surface area contributed by atoms with Crippen LogP contribution in [0.25, 0.3) is 0 Å². The third-order valence-corrected chi connectivity index (χ3v) is 7.49. The molecule has 1 aromatic carbocycles. The fraction of sp³-hybridized carbons (Fsp3) is 0.174. The lowest BCUT2D eigenvalue weighted by molar-refractivity contribution is -0.117. The Morgan fingerprint density at radius 1 is 1.16 bits per heavy atom. The van der Waals surface area contributed by atoms with Crippen molar-refractivity contribution < 1.29 is 14.3 Å². The van der Waals surface area contributed by atoms with Crippen LogP contribution < -0.4 is 10.6 Å². The number of hydrogen-bond acceptors (Lipinski definition) is 4. The van der Waals surface area contributed by atoms with Gasteiger partial charge in [0.25, 0.3) is 13.3 Å². The lowest BCUT2D eigenvalue weighted by Gasteiger charge is -2.21. The van der Waals surface area contributed by atoms with Gasteiger partial charge in [0.2, 0.25) is 0 Å². The van der Waals surface area contributed by atoms with Crippen LogP contribution >= 0.6 is 19.0 Å². The molecule has 0 radical (unpaired) electrons. The lowest BCUT2D eigenvalue weighted by Crippen LogP contribution is -2.25. The summed E-state index contributed by atoms with van der Waals surface area (Å²) in [6, 6.07) is 8.85. The van der Waals surface area contributed by atoms with Crippen molar-refractivity contribution in [3.05, 3.63) is 93.7 Å². The van der Waals surface area contributed by atoms with Gasteiger partial charge in [-0.1, -0.05) is 34.9 Å². The van der Waals surface area contributed by atoms with Crippen LogP contribution in [0.3, 0.4) is 0 Å². The van der Waals surface area contributed by atoms with Crippen molar-refractivity contribution >= 4 is 35.9 Å². The van der Waals surface area contributed by atoms with E-state index in [0.717, 1.165) is 16.7 Å². The molecule has 31 heavy (non-hydrogen) atoms. The molecule has 1 aliphatic carbocycles. The number of halogens is 1. The number of amides is 1. The molecule has 2 aliphatic rings. The van der Waals surface area contributed by atoms with Gasteiger partial charge >= 0.3 is 0 Å². The smallest absolute Gasteiger partial charge is 0.270 e. The fourth-order valence-corrected chi connectivity index (χ4v) is 6.01. The van der Waals surface area contributed by atoms with Gasteiger partial charge < -0.3 is 10.2 Å². The molecule has 2 heterocycles. The van der Waals surface area contributed by atoms with Gasteiger partial charge in [-0.3, -0.25) is 14.3 Å². The number of aromatic nitrogens is 1. The van der Waals surface area contributed by atoms with Gasteiger partial charge in [0.1, 0.15) is 5.70 Å². The minimum Gasteiger partial charge on any atom is -0.347 e. The highest BCUT2D eigenvalue weighted by atomic mass is 35.5. The third-order valence-electron chi connectivity index (χ3n) is 5.14. The highest BCUT2D eigenvalue weighted by molar-refractivity contribution is 7.70. The summed E-state index contributed by atoms with van der Waals surface area (Å²) in [5.74, 6) is -1.14. The van der Waals surface area contributed by atoms with Crippen LogP contribution in [0.1, 0.15) is 16.7 Å². The van der Waals surface area contributed by atoms with Gasteiger partial charge in [0.05, 0.1) is 16.9 Å². The first-order valence-corrected chi connectivity index (χ1v) is 11.8. The van der Waals surface area contributed by atoms with Crippen LogP contribution in [0.4, 0.5) is 0 Å².